The highest BCUT2D eigenvalue weighted by molar-refractivity contribution is 5.92. The Morgan fingerprint density at radius 1 is 1.38 bits per heavy atom. The third-order valence-electron chi connectivity index (χ3n) is 1.86. The van der Waals surface area contributed by atoms with Crippen LogP contribution in [-0.4, -0.2) is 35.5 Å². The second-order valence-electron chi connectivity index (χ2n) is 3.13. The zero-order chi connectivity index (χ0) is 12.0. The summed E-state index contributed by atoms with van der Waals surface area (Å²) in [7, 11) is 1.30. The summed E-state index contributed by atoms with van der Waals surface area (Å²) in [6, 6.07) is 0. The number of carbonyl (C=O) groups is 2. The molecule has 0 aliphatic rings. The summed E-state index contributed by atoms with van der Waals surface area (Å²) in [6.45, 7) is 2.01. The summed E-state index contributed by atoms with van der Waals surface area (Å²) in [5.74, 6) is -0.716. The zero-order valence-electron chi connectivity index (χ0n) is 9.19. The van der Waals surface area contributed by atoms with Gasteiger partial charge in [-0.05, 0) is 6.92 Å². The Bertz CT molecular complexity index is 375. The van der Waals surface area contributed by atoms with Crippen LogP contribution in [0.3, 0.4) is 0 Å². The van der Waals surface area contributed by atoms with E-state index in [1.165, 1.54) is 19.5 Å². The van der Waals surface area contributed by atoms with Gasteiger partial charge in [0.1, 0.15) is 5.69 Å². The molecule has 0 atom stereocenters. The Balaban J connectivity index is 2.41. The number of aromatic nitrogens is 2. The van der Waals surface area contributed by atoms with Gasteiger partial charge < -0.3 is 10.1 Å². The first kappa shape index (κ1) is 12.1. The smallest absolute Gasteiger partial charge is 0.307 e. The van der Waals surface area contributed by atoms with E-state index in [4.69, 9.17) is 0 Å². The van der Waals surface area contributed by atoms with E-state index >= 15 is 0 Å². The Labute approximate surface area is 93.0 Å². The van der Waals surface area contributed by atoms with Crippen molar-refractivity contribution in [1.82, 2.24) is 15.3 Å². The van der Waals surface area contributed by atoms with Crippen molar-refractivity contribution in [2.45, 2.75) is 13.3 Å². The van der Waals surface area contributed by atoms with E-state index in [1.807, 2.05) is 0 Å². The lowest BCUT2D eigenvalue weighted by Crippen LogP contribution is -2.27. The summed E-state index contributed by atoms with van der Waals surface area (Å²) in [5, 5.41) is 2.54. The molecule has 16 heavy (non-hydrogen) atoms. The molecule has 1 amide bonds. The van der Waals surface area contributed by atoms with Gasteiger partial charge in [-0.25, -0.2) is 4.98 Å². The number of esters is 1. The van der Waals surface area contributed by atoms with Gasteiger partial charge in [0.25, 0.3) is 5.91 Å². The minimum absolute atomic E-state index is 0.140. The number of rotatable bonds is 4. The molecule has 1 aromatic rings. The highest BCUT2D eigenvalue weighted by Gasteiger charge is 2.07. The quantitative estimate of drug-likeness (QED) is 0.731. The van der Waals surface area contributed by atoms with Gasteiger partial charge in [0.15, 0.2) is 0 Å². The largest absolute Gasteiger partial charge is 0.469 e. The number of nitrogens with zero attached hydrogens (tertiary/aromatic N) is 2. The van der Waals surface area contributed by atoms with Crippen LogP contribution < -0.4 is 5.32 Å². The summed E-state index contributed by atoms with van der Waals surface area (Å²) in [5.41, 5.74) is 0.974. The van der Waals surface area contributed by atoms with Gasteiger partial charge in [0.2, 0.25) is 0 Å². The first-order valence-corrected chi connectivity index (χ1v) is 4.77. The normalized spacial score (nSPS) is 9.62. The molecular formula is C10H13N3O3. The molecule has 0 fully saturated rings. The average molecular weight is 223 g/mol. The van der Waals surface area contributed by atoms with Gasteiger partial charge in [-0.1, -0.05) is 0 Å². The van der Waals surface area contributed by atoms with E-state index in [-0.39, 0.29) is 30.5 Å². The molecule has 0 saturated carbocycles. The number of hydrogen-bond acceptors (Lipinski definition) is 5. The lowest BCUT2D eigenvalue weighted by atomic mass is 10.3. The Kier molecular flexibility index (Phi) is 4.38. The molecule has 0 saturated heterocycles. The maximum absolute atomic E-state index is 11.5. The van der Waals surface area contributed by atoms with Crippen LogP contribution >= 0.6 is 0 Å². The Morgan fingerprint density at radius 2 is 2.12 bits per heavy atom. The Hall–Kier alpha value is -1.98. The molecule has 0 bridgehead atoms. The monoisotopic (exact) mass is 223 g/mol. The van der Waals surface area contributed by atoms with Crippen molar-refractivity contribution in [2.75, 3.05) is 13.7 Å². The maximum atomic E-state index is 11.5. The van der Waals surface area contributed by atoms with Crippen LogP contribution in [0.15, 0.2) is 12.4 Å². The summed E-state index contributed by atoms with van der Waals surface area (Å²) in [4.78, 5) is 30.1. The standard InChI is InChI=1S/C10H13N3O3/c1-7-5-13-8(6-12-7)10(15)11-4-3-9(14)16-2/h5-6H,3-4H2,1-2H3,(H,11,15). The summed E-state index contributed by atoms with van der Waals surface area (Å²) >= 11 is 0. The molecule has 0 unspecified atom stereocenters. The molecule has 1 N–H and O–H groups in total. The highest BCUT2D eigenvalue weighted by Crippen LogP contribution is 1.94. The first-order valence-electron chi connectivity index (χ1n) is 4.77. The fraction of sp³-hybridized carbons (Fsp3) is 0.400. The van der Waals surface area contributed by atoms with Gasteiger partial charge in [0.05, 0.1) is 25.4 Å². The van der Waals surface area contributed by atoms with Crippen LogP contribution in [0.25, 0.3) is 0 Å². The van der Waals surface area contributed by atoms with E-state index in [1.54, 1.807) is 6.92 Å². The van der Waals surface area contributed by atoms with Gasteiger partial charge in [-0.2, -0.15) is 0 Å². The van der Waals surface area contributed by atoms with Crippen LogP contribution in [0.2, 0.25) is 0 Å². The molecule has 0 radical (unpaired) electrons. The van der Waals surface area contributed by atoms with E-state index in [9.17, 15) is 9.59 Å². The average Bonchev–Trinajstić information content (AvgIpc) is 2.29. The van der Waals surface area contributed by atoms with Crippen LogP contribution in [0.4, 0.5) is 0 Å². The van der Waals surface area contributed by atoms with Crippen molar-refractivity contribution in [1.29, 1.82) is 0 Å². The van der Waals surface area contributed by atoms with Crippen molar-refractivity contribution in [3.05, 3.63) is 23.8 Å². The number of methoxy groups -OCH3 is 1. The lowest BCUT2D eigenvalue weighted by molar-refractivity contribution is -0.140. The molecular weight excluding hydrogens is 210 g/mol. The van der Waals surface area contributed by atoms with Gasteiger partial charge >= 0.3 is 5.97 Å². The van der Waals surface area contributed by atoms with Crippen molar-refractivity contribution in [3.8, 4) is 0 Å². The minimum Gasteiger partial charge on any atom is -0.469 e. The highest BCUT2D eigenvalue weighted by atomic mass is 16.5. The van der Waals surface area contributed by atoms with Crippen LogP contribution in [0.1, 0.15) is 22.6 Å². The SMILES string of the molecule is COC(=O)CCNC(=O)c1cnc(C)cn1. The molecule has 0 spiro atoms. The van der Waals surface area contributed by atoms with Gasteiger partial charge in [0, 0.05) is 12.7 Å². The van der Waals surface area contributed by atoms with E-state index in [0.29, 0.717) is 0 Å². The fourth-order valence-corrected chi connectivity index (χ4v) is 0.981. The first-order chi connectivity index (χ1) is 7.63. The third-order valence-corrected chi connectivity index (χ3v) is 1.86. The zero-order valence-corrected chi connectivity index (χ0v) is 9.19. The van der Waals surface area contributed by atoms with Gasteiger partial charge in [-0.15, -0.1) is 0 Å². The molecule has 0 aromatic carbocycles. The number of nitrogens with one attached hydrogen (secondary N) is 1. The summed E-state index contributed by atoms with van der Waals surface area (Å²) < 4.78 is 4.44. The second-order valence-corrected chi connectivity index (χ2v) is 3.13. The molecule has 86 valence electrons. The van der Waals surface area contributed by atoms with E-state index < -0.39 is 0 Å². The van der Waals surface area contributed by atoms with Crippen LogP contribution in [0, 0.1) is 6.92 Å². The summed E-state index contributed by atoms with van der Waals surface area (Å²) in [6.07, 6.45) is 3.04. The lowest BCUT2D eigenvalue weighted by Gasteiger charge is -2.03. The van der Waals surface area contributed by atoms with Crippen molar-refractivity contribution in [2.24, 2.45) is 0 Å². The topological polar surface area (TPSA) is 81.2 Å². The predicted molar refractivity (Wildman–Crippen MR) is 55.7 cm³/mol. The van der Waals surface area contributed by atoms with E-state index in [0.717, 1.165) is 5.69 Å². The van der Waals surface area contributed by atoms with Gasteiger partial charge in [-0.3, -0.25) is 14.6 Å². The minimum atomic E-state index is -0.365. The van der Waals surface area contributed by atoms with Crippen molar-refractivity contribution >= 4 is 11.9 Å². The maximum Gasteiger partial charge on any atom is 0.307 e. The Morgan fingerprint density at radius 3 is 2.69 bits per heavy atom. The molecule has 1 rings (SSSR count). The molecule has 1 aromatic heterocycles. The molecule has 0 aliphatic heterocycles. The van der Waals surface area contributed by atoms with Crippen molar-refractivity contribution in [3.63, 3.8) is 0 Å². The number of amides is 1. The number of ether oxygens (including phenoxy) is 1. The van der Waals surface area contributed by atoms with Crippen LogP contribution in [-0.2, 0) is 9.53 Å². The molecule has 6 heteroatoms. The predicted octanol–water partition coefficient (Wildman–Crippen LogP) is 0.0779. The number of aryl methyl sites for hydroxylation is 1. The molecule has 1 heterocycles. The van der Waals surface area contributed by atoms with Crippen LogP contribution in [0.5, 0.6) is 0 Å². The fourth-order valence-electron chi connectivity index (χ4n) is 0.981. The third kappa shape index (κ3) is 3.64. The number of carbonyl (C=O) groups excluding carboxylic acids is 2. The second kappa shape index (κ2) is 5.79. The molecule has 6 nitrogen and oxygen atoms in total. The van der Waals surface area contributed by atoms with Crippen molar-refractivity contribution < 1.29 is 14.3 Å². The molecule has 0 aliphatic carbocycles. The van der Waals surface area contributed by atoms with E-state index in [2.05, 4.69) is 20.0 Å². The number of hydrogen-bond donors (Lipinski definition) is 1.